The highest BCUT2D eigenvalue weighted by molar-refractivity contribution is 5.82. The van der Waals surface area contributed by atoms with Crippen molar-refractivity contribution in [3.8, 4) is 11.1 Å². The molecule has 2 N–H and O–H groups in total. The van der Waals surface area contributed by atoms with Crippen LogP contribution in [0.4, 0.5) is 0 Å². The zero-order valence-corrected chi connectivity index (χ0v) is 16.5. The molecule has 0 saturated carbocycles. The number of benzene rings is 2. The number of aromatic nitrogens is 2. The summed E-state index contributed by atoms with van der Waals surface area (Å²) in [6.45, 7) is 4.50. The molecule has 150 valence electrons. The predicted molar refractivity (Wildman–Crippen MR) is 112 cm³/mol. The van der Waals surface area contributed by atoms with Gasteiger partial charge < -0.3 is 15.4 Å². The van der Waals surface area contributed by atoms with Crippen LogP contribution in [0.2, 0.25) is 0 Å². The van der Waals surface area contributed by atoms with Crippen molar-refractivity contribution in [2.24, 2.45) is 0 Å². The lowest BCUT2D eigenvalue weighted by atomic mass is 9.98. The Morgan fingerprint density at radius 3 is 2.79 bits per heavy atom. The number of amides is 1. The van der Waals surface area contributed by atoms with E-state index in [1.54, 1.807) is 6.20 Å². The Morgan fingerprint density at radius 1 is 1.21 bits per heavy atom. The molecule has 6 nitrogen and oxygen atoms in total. The molecule has 1 aromatic heterocycles. The van der Waals surface area contributed by atoms with Crippen LogP contribution in [0.25, 0.3) is 11.1 Å². The summed E-state index contributed by atoms with van der Waals surface area (Å²) in [5.41, 5.74) is 4.54. The van der Waals surface area contributed by atoms with Crippen LogP contribution in [0, 0.1) is 0 Å². The van der Waals surface area contributed by atoms with Crippen LogP contribution in [0.1, 0.15) is 18.1 Å². The van der Waals surface area contributed by atoms with Crippen LogP contribution < -0.4 is 10.6 Å². The van der Waals surface area contributed by atoms with E-state index in [9.17, 15) is 4.79 Å². The van der Waals surface area contributed by atoms with Gasteiger partial charge in [-0.25, -0.2) is 0 Å². The van der Waals surface area contributed by atoms with E-state index in [1.807, 2.05) is 36.0 Å². The zero-order chi connectivity index (χ0) is 20.1. The van der Waals surface area contributed by atoms with Gasteiger partial charge in [0.2, 0.25) is 5.91 Å². The average Bonchev–Trinajstić information content (AvgIpc) is 3.26. The van der Waals surface area contributed by atoms with Gasteiger partial charge in [0.05, 0.1) is 19.3 Å². The first-order chi connectivity index (χ1) is 14.2. The minimum atomic E-state index is -0.308. The number of rotatable bonds is 6. The molecule has 0 aliphatic carbocycles. The predicted octanol–water partition coefficient (Wildman–Crippen LogP) is 2.59. The second-order valence-corrected chi connectivity index (χ2v) is 7.28. The molecule has 4 rings (SSSR count). The number of hydrogen-bond acceptors (Lipinski definition) is 4. The van der Waals surface area contributed by atoms with Gasteiger partial charge in [-0.3, -0.25) is 9.48 Å². The largest absolute Gasteiger partial charge is 0.375 e. The average molecular weight is 390 g/mol. The van der Waals surface area contributed by atoms with Gasteiger partial charge in [0.25, 0.3) is 0 Å². The zero-order valence-electron chi connectivity index (χ0n) is 16.5. The molecule has 1 aliphatic heterocycles. The molecule has 0 radical (unpaired) electrons. The molecule has 1 saturated heterocycles. The van der Waals surface area contributed by atoms with Crippen molar-refractivity contribution in [3.05, 3.63) is 78.1 Å². The van der Waals surface area contributed by atoms with Crippen LogP contribution >= 0.6 is 0 Å². The van der Waals surface area contributed by atoms with Gasteiger partial charge in [-0.05, 0) is 35.2 Å². The molecule has 0 bridgehead atoms. The third-order valence-corrected chi connectivity index (χ3v) is 5.24. The maximum absolute atomic E-state index is 12.6. The van der Waals surface area contributed by atoms with Crippen molar-refractivity contribution in [1.82, 2.24) is 20.4 Å². The Hall–Kier alpha value is -2.96. The van der Waals surface area contributed by atoms with E-state index in [-0.39, 0.29) is 18.1 Å². The van der Waals surface area contributed by atoms with Crippen LogP contribution in [0.5, 0.6) is 0 Å². The van der Waals surface area contributed by atoms with E-state index in [2.05, 4.69) is 52.1 Å². The smallest absolute Gasteiger partial charge is 0.240 e. The Bertz CT molecular complexity index is 938. The van der Waals surface area contributed by atoms with Gasteiger partial charge in [0, 0.05) is 25.5 Å². The number of morpholine rings is 1. The summed E-state index contributed by atoms with van der Waals surface area (Å²) < 4.78 is 7.48. The number of carbonyl (C=O) groups excluding carboxylic acids is 1. The fraction of sp³-hybridized carbons (Fsp3) is 0.304. The normalized spacial score (nSPS) is 19.1. The van der Waals surface area contributed by atoms with Gasteiger partial charge in [-0.2, -0.15) is 5.10 Å². The molecule has 3 aromatic rings. The van der Waals surface area contributed by atoms with Gasteiger partial charge in [-0.15, -0.1) is 0 Å². The first-order valence-electron chi connectivity index (χ1n) is 9.98. The van der Waals surface area contributed by atoms with E-state index in [0.29, 0.717) is 19.7 Å². The summed E-state index contributed by atoms with van der Waals surface area (Å²) in [6, 6.07) is 18.3. The van der Waals surface area contributed by atoms with Crippen LogP contribution in [-0.4, -0.2) is 41.0 Å². The third-order valence-electron chi connectivity index (χ3n) is 5.24. The SMILES string of the molecule is C[C@H]1OCCN[C@@H]1C(=O)NCc1ccccc1-c1ccc(Cn2cccn2)cc1. The molecule has 6 heteroatoms. The second-order valence-electron chi connectivity index (χ2n) is 7.28. The Morgan fingerprint density at radius 2 is 2.03 bits per heavy atom. The summed E-state index contributed by atoms with van der Waals surface area (Å²) >= 11 is 0. The first kappa shape index (κ1) is 19.4. The summed E-state index contributed by atoms with van der Waals surface area (Å²) in [5, 5.41) is 10.5. The summed E-state index contributed by atoms with van der Waals surface area (Å²) in [7, 11) is 0. The lowest BCUT2D eigenvalue weighted by molar-refractivity contribution is -0.129. The molecular formula is C23H26N4O2. The first-order valence-corrected chi connectivity index (χ1v) is 9.98. The monoisotopic (exact) mass is 390 g/mol. The number of nitrogens with zero attached hydrogens (tertiary/aromatic N) is 2. The van der Waals surface area contributed by atoms with Gasteiger partial charge in [0.15, 0.2) is 0 Å². The van der Waals surface area contributed by atoms with Crippen molar-refractivity contribution in [2.45, 2.75) is 32.2 Å². The molecule has 1 amide bonds. The minimum Gasteiger partial charge on any atom is -0.375 e. The molecular weight excluding hydrogens is 364 g/mol. The third kappa shape index (κ3) is 4.72. The Balaban J connectivity index is 1.44. The molecule has 2 heterocycles. The fourth-order valence-electron chi connectivity index (χ4n) is 3.65. The van der Waals surface area contributed by atoms with Crippen molar-refractivity contribution in [1.29, 1.82) is 0 Å². The lowest BCUT2D eigenvalue weighted by Gasteiger charge is -2.29. The van der Waals surface area contributed by atoms with E-state index >= 15 is 0 Å². The summed E-state index contributed by atoms with van der Waals surface area (Å²) in [5.74, 6) is -0.0263. The highest BCUT2D eigenvalue weighted by atomic mass is 16.5. The standard InChI is InChI=1S/C23H26N4O2/c1-17-22(24-12-14-29-17)23(28)25-15-20-5-2-3-6-21(20)19-9-7-18(8-10-19)16-27-13-4-11-26-27/h2-11,13,17,22,24H,12,14-16H2,1H3,(H,25,28)/t17-,22+/m1/s1. The van der Waals surface area contributed by atoms with E-state index < -0.39 is 0 Å². The maximum atomic E-state index is 12.6. The van der Waals surface area contributed by atoms with E-state index in [1.165, 1.54) is 5.56 Å². The summed E-state index contributed by atoms with van der Waals surface area (Å²) in [6.07, 6.45) is 3.62. The number of ether oxygens (including phenoxy) is 1. The maximum Gasteiger partial charge on any atom is 0.240 e. The Labute approximate surface area is 170 Å². The minimum absolute atomic E-state index is 0.0263. The highest BCUT2D eigenvalue weighted by Crippen LogP contribution is 2.24. The Kier molecular flexibility index (Phi) is 6.03. The molecule has 1 fully saturated rings. The molecule has 2 aromatic carbocycles. The van der Waals surface area contributed by atoms with Crippen LogP contribution in [0.3, 0.4) is 0 Å². The topological polar surface area (TPSA) is 68.2 Å². The quantitative estimate of drug-likeness (QED) is 0.679. The molecule has 2 atom stereocenters. The molecule has 0 unspecified atom stereocenters. The van der Waals surface area contributed by atoms with Crippen molar-refractivity contribution in [3.63, 3.8) is 0 Å². The molecule has 1 aliphatic rings. The second kappa shape index (κ2) is 9.03. The highest BCUT2D eigenvalue weighted by Gasteiger charge is 2.28. The molecule has 29 heavy (non-hydrogen) atoms. The van der Waals surface area contributed by atoms with E-state index in [0.717, 1.165) is 23.2 Å². The van der Waals surface area contributed by atoms with Gasteiger partial charge in [-0.1, -0.05) is 48.5 Å². The van der Waals surface area contributed by atoms with Crippen molar-refractivity contribution < 1.29 is 9.53 Å². The van der Waals surface area contributed by atoms with Gasteiger partial charge in [0.1, 0.15) is 6.04 Å². The van der Waals surface area contributed by atoms with Crippen LogP contribution in [-0.2, 0) is 22.6 Å². The van der Waals surface area contributed by atoms with Crippen LogP contribution in [0.15, 0.2) is 67.0 Å². The lowest BCUT2D eigenvalue weighted by Crippen LogP contribution is -2.55. The number of hydrogen-bond donors (Lipinski definition) is 2. The van der Waals surface area contributed by atoms with Crippen molar-refractivity contribution >= 4 is 5.91 Å². The number of carbonyl (C=O) groups is 1. The van der Waals surface area contributed by atoms with Crippen molar-refractivity contribution in [2.75, 3.05) is 13.2 Å². The number of nitrogens with one attached hydrogen (secondary N) is 2. The fourth-order valence-corrected chi connectivity index (χ4v) is 3.65. The summed E-state index contributed by atoms with van der Waals surface area (Å²) in [4.78, 5) is 12.6. The molecule has 0 spiro atoms. The van der Waals surface area contributed by atoms with E-state index in [4.69, 9.17) is 4.74 Å². The van der Waals surface area contributed by atoms with Gasteiger partial charge >= 0.3 is 0 Å².